The molecule has 1 amide bonds. The number of carbonyl (C=O) groups is 1. The SMILES string of the molecule is O=C(Nc1cc(Nc2ccc(Cl)cc2S(=O)O)c2[nH]c(C(F)F)nc2n1)C1CC1. The Labute approximate surface area is 170 Å². The van der Waals surface area contributed by atoms with E-state index in [2.05, 4.69) is 25.6 Å². The maximum atomic E-state index is 13.1. The van der Waals surface area contributed by atoms with E-state index in [1.165, 1.54) is 24.3 Å². The van der Waals surface area contributed by atoms with Crippen molar-refractivity contribution in [1.82, 2.24) is 15.0 Å². The molecule has 152 valence electrons. The third kappa shape index (κ3) is 4.21. The Morgan fingerprint density at radius 3 is 2.69 bits per heavy atom. The predicted octanol–water partition coefficient (Wildman–Crippen LogP) is 4.22. The maximum Gasteiger partial charge on any atom is 0.295 e. The molecule has 1 aliphatic rings. The minimum Gasteiger partial charge on any atom is -0.353 e. The number of anilines is 3. The fourth-order valence-electron chi connectivity index (χ4n) is 2.73. The summed E-state index contributed by atoms with van der Waals surface area (Å²) in [4.78, 5) is 22.5. The molecule has 1 atom stereocenters. The van der Waals surface area contributed by atoms with Gasteiger partial charge in [-0.3, -0.25) is 4.79 Å². The summed E-state index contributed by atoms with van der Waals surface area (Å²) in [5.74, 6) is -0.747. The molecule has 8 nitrogen and oxygen atoms in total. The molecule has 0 radical (unpaired) electrons. The van der Waals surface area contributed by atoms with Gasteiger partial charge in [-0.15, -0.1) is 0 Å². The van der Waals surface area contributed by atoms with Crippen molar-refractivity contribution in [3.8, 4) is 0 Å². The van der Waals surface area contributed by atoms with E-state index in [9.17, 15) is 22.3 Å². The molecular weight excluding hydrogens is 428 g/mol. The number of carbonyl (C=O) groups excluding carboxylic acids is 1. The number of aromatic nitrogens is 3. The summed E-state index contributed by atoms with van der Waals surface area (Å²) >= 11 is 3.53. The number of imidazole rings is 1. The standard InChI is InChI=1S/C17H14ClF2N5O3S/c18-8-3-4-9(11(5-8)29(27)28)21-10-6-12(23-17(26)7-1-2-7)22-15-13(10)24-16(25-15)14(19)20/h3-7,14H,1-2H2,(H,27,28)(H3,21,22,23,24,25,26). The lowest BCUT2D eigenvalue weighted by atomic mass is 10.2. The molecule has 1 aliphatic carbocycles. The van der Waals surface area contributed by atoms with Crippen molar-refractivity contribution >= 4 is 56.9 Å². The first-order chi connectivity index (χ1) is 13.8. The molecule has 4 rings (SSSR count). The summed E-state index contributed by atoms with van der Waals surface area (Å²) in [7, 11) is 0. The van der Waals surface area contributed by atoms with Crippen LogP contribution in [0.15, 0.2) is 29.2 Å². The van der Waals surface area contributed by atoms with Gasteiger partial charge in [-0.05, 0) is 31.0 Å². The number of aromatic amines is 1. The number of amides is 1. The first kappa shape index (κ1) is 19.7. The average molecular weight is 442 g/mol. The van der Waals surface area contributed by atoms with Crippen molar-refractivity contribution in [3.05, 3.63) is 35.1 Å². The number of rotatable bonds is 6. The van der Waals surface area contributed by atoms with Gasteiger partial charge in [0.25, 0.3) is 6.43 Å². The Morgan fingerprint density at radius 1 is 1.28 bits per heavy atom. The van der Waals surface area contributed by atoms with Crippen molar-refractivity contribution in [2.45, 2.75) is 24.2 Å². The van der Waals surface area contributed by atoms with E-state index in [-0.39, 0.29) is 50.1 Å². The Bertz CT molecular complexity index is 1140. The molecule has 1 fully saturated rings. The first-order valence-corrected chi connectivity index (χ1v) is 9.97. The number of fused-ring (bicyclic) bond motifs is 1. The number of hydrogen-bond donors (Lipinski definition) is 4. The van der Waals surface area contributed by atoms with Gasteiger partial charge in [-0.25, -0.2) is 23.0 Å². The molecule has 1 unspecified atom stereocenters. The normalized spacial score (nSPS) is 14.9. The van der Waals surface area contributed by atoms with E-state index in [4.69, 9.17) is 11.6 Å². The molecule has 1 saturated carbocycles. The Morgan fingerprint density at radius 2 is 2.03 bits per heavy atom. The van der Waals surface area contributed by atoms with E-state index in [1.54, 1.807) is 0 Å². The van der Waals surface area contributed by atoms with Gasteiger partial charge >= 0.3 is 0 Å². The smallest absolute Gasteiger partial charge is 0.295 e. The molecule has 0 spiro atoms. The number of nitrogens with one attached hydrogen (secondary N) is 3. The highest BCUT2D eigenvalue weighted by atomic mass is 35.5. The van der Waals surface area contributed by atoms with Crippen LogP contribution in [0, 0.1) is 5.92 Å². The summed E-state index contributed by atoms with van der Waals surface area (Å²) in [6.45, 7) is 0. The van der Waals surface area contributed by atoms with Crippen LogP contribution in [0.5, 0.6) is 0 Å². The number of pyridine rings is 1. The van der Waals surface area contributed by atoms with Crippen LogP contribution in [0.1, 0.15) is 25.1 Å². The Hall–Kier alpha value is -2.63. The van der Waals surface area contributed by atoms with Crippen LogP contribution in [0.25, 0.3) is 11.2 Å². The second-order valence-electron chi connectivity index (χ2n) is 6.45. The molecule has 3 aromatic rings. The lowest BCUT2D eigenvalue weighted by Crippen LogP contribution is -2.14. The summed E-state index contributed by atoms with van der Waals surface area (Å²) in [6, 6.07) is 5.73. The quantitative estimate of drug-likeness (QED) is 0.425. The van der Waals surface area contributed by atoms with Crippen LogP contribution in [0.3, 0.4) is 0 Å². The van der Waals surface area contributed by atoms with Crippen molar-refractivity contribution in [2.75, 3.05) is 10.6 Å². The van der Waals surface area contributed by atoms with Gasteiger partial charge in [-0.1, -0.05) is 11.6 Å². The van der Waals surface area contributed by atoms with Crippen molar-refractivity contribution < 1.29 is 22.3 Å². The number of H-pyrrole nitrogens is 1. The summed E-state index contributed by atoms with van der Waals surface area (Å²) in [5.41, 5.74) is 0.608. The van der Waals surface area contributed by atoms with Crippen molar-refractivity contribution in [1.29, 1.82) is 0 Å². The van der Waals surface area contributed by atoms with Crippen LogP contribution in [-0.4, -0.2) is 29.6 Å². The Balaban J connectivity index is 1.78. The molecule has 1 aromatic carbocycles. The average Bonchev–Trinajstić information content (AvgIpc) is 3.42. The van der Waals surface area contributed by atoms with E-state index >= 15 is 0 Å². The molecule has 0 bridgehead atoms. The minimum atomic E-state index is -2.85. The zero-order valence-corrected chi connectivity index (χ0v) is 16.2. The fraction of sp³-hybridized carbons (Fsp3) is 0.235. The highest BCUT2D eigenvalue weighted by Crippen LogP contribution is 2.34. The van der Waals surface area contributed by atoms with Gasteiger partial charge in [0.1, 0.15) is 11.3 Å². The molecule has 0 saturated heterocycles. The summed E-state index contributed by atoms with van der Waals surface area (Å²) in [5, 5.41) is 5.82. The van der Waals surface area contributed by atoms with Gasteiger partial charge in [0, 0.05) is 17.0 Å². The number of nitrogens with zero attached hydrogens (tertiary/aromatic N) is 2. The topological polar surface area (TPSA) is 120 Å². The maximum absolute atomic E-state index is 13.1. The molecule has 2 heterocycles. The largest absolute Gasteiger partial charge is 0.353 e. The van der Waals surface area contributed by atoms with Gasteiger partial charge in [0.15, 0.2) is 22.6 Å². The molecule has 2 aromatic heterocycles. The van der Waals surface area contributed by atoms with Crippen LogP contribution in [0.4, 0.5) is 26.0 Å². The first-order valence-electron chi connectivity index (χ1n) is 8.49. The van der Waals surface area contributed by atoms with E-state index in [0.29, 0.717) is 0 Å². The number of alkyl halides is 2. The predicted molar refractivity (Wildman–Crippen MR) is 104 cm³/mol. The third-order valence-corrected chi connectivity index (χ3v) is 5.24. The molecule has 0 aliphatic heterocycles. The van der Waals surface area contributed by atoms with E-state index in [1.807, 2.05) is 0 Å². The van der Waals surface area contributed by atoms with Crippen LogP contribution >= 0.6 is 11.6 Å². The molecule has 29 heavy (non-hydrogen) atoms. The number of hydrogen-bond acceptors (Lipinski definition) is 5. The van der Waals surface area contributed by atoms with Gasteiger partial charge in [0.2, 0.25) is 5.91 Å². The van der Waals surface area contributed by atoms with E-state index in [0.717, 1.165) is 12.8 Å². The molecular formula is C17H14ClF2N5O3S. The highest BCUT2D eigenvalue weighted by molar-refractivity contribution is 7.79. The molecule has 12 heteroatoms. The lowest BCUT2D eigenvalue weighted by Gasteiger charge is -2.12. The number of benzene rings is 1. The zero-order chi connectivity index (χ0) is 20.7. The lowest BCUT2D eigenvalue weighted by molar-refractivity contribution is -0.117. The third-order valence-electron chi connectivity index (χ3n) is 4.29. The van der Waals surface area contributed by atoms with Crippen molar-refractivity contribution in [2.24, 2.45) is 5.92 Å². The molecule has 4 N–H and O–H groups in total. The van der Waals surface area contributed by atoms with Crippen LogP contribution in [0.2, 0.25) is 5.02 Å². The zero-order valence-electron chi connectivity index (χ0n) is 14.6. The van der Waals surface area contributed by atoms with Gasteiger partial charge < -0.3 is 20.2 Å². The summed E-state index contributed by atoms with van der Waals surface area (Å²) < 4.78 is 47.4. The summed E-state index contributed by atoms with van der Waals surface area (Å²) in [6.07, 6.45) is -1.28. The second-order valence-corrected chi connectivity index (χ2v) is 7.83. The van der Waals surface area contributed by atoms with E-state index < -0.39 is 23.3 Å². The van der Waals surface area contributed by atoms with Gasteiger partial charge in [0.05, 0.1) is 16.3 Å². The monoisotopic (exact) mass is 441 g/mol. The van der Waals surface area contributed by atoms with Crippen molar-refractivity contribution in [3.63, 3.8) is 0 Å². The number of halogens is 3. The highest BCUT2D eigenvalue weighted by Gasteiger charge is 2.30. The van der Waals surface area contributed by atoms with Gasteiger partial charge in [-0.2, -0.15) is 0 Å². The second kappa shape index (κ2) is 7.65. The van der Waals surface area contributed by atoms with Crippen LogP contribution < -0.4 is 10.6 Å². The van der Waals surface area contributed by atoms with Crippen LogP contribution in [-0.2, 0) is 15.9 Å². The Kier molecular flexibility index (Phi) is 5.19. The minimum absolute atomic E-state index is 0.000346. The fourth-order valence-corrected chi connectivity index (χ4v) is 3.51.